The van der Waals surface area contributed by atoms with E-state index in [4.69, 9.17) is 9.47 Å². The summed E-state index contributed by atoms with van der Waals surface area (Å²) in [6.45, 7) is 7.53. The van der Waals surface area contributed by atoms with Gasteiger partial charge in [0.1, 0.15) is 0 Å². The summed E-state index contributed by atoms with van der Waals surface area (Å²) >= 11 is 0. The lowest BCUT2D eigenvalue weighted by Crippen LogP contribution is -2.32. The Bertz CT molecular complexity index is 282. The molecule has 0 saturated carbocycles. The van der Waals surface area contributed by atoms with Crippen molar-refractivity contribution in [2.75, 3.05) is 0 Å². The molecular formula is C11H18O5. The number of hydrogen-bond acceptors (Lipinski definition) is 5. The van der Waals surface area contributed by atoms with Gasteiger partial charge in [0.25, 0.3) is 0 Å². The van der Waals surface area contributed by atoms with E-state index < -0.39 is 24.1 Å². The number of Topliss-reactive ketones (excluding diaryl/α,β-unsaturated/α-hetero) is 1. The van der Waals surface area contributed by atoms with Crippen molar-refractivity contribution in [2.24, 2.45) is 5.92 Å². The lowest BCUT2D eigenvalue weighted by molar-refractivity contribution is -0.172. The molecular weight excluding hydrogens is 212 g/mol. The van der Waals surface area contributed by atoms with Crippen LogP contribution in [0.3, 0.4) is 0 Å². The van der Waals surface area contributed by atoms with E-state index in [-0.39, 0.29) is 11.7 Å². The molecule has 0 aliphatic rings. The minimum absolute atomic E-state index is 0.254. The van der Waals surface area contributed by atoms with Gasteiger partial charge in [0.05, 0.1) is 5.92 Å². The van der Waals surface area contributed by atoms with Gasteiger partial charge < -0.3 is 9.47 Å². The van der Waals surface area contributed by atoms with Gasteiger partial charge in [-0.3, -0.25) is 9.59 Å². The highest BCUT2D eigenvalue weighted by Crippen LogP contribution is 2.04. The Hall–Kier alpha value is -1.39. The molecule has 5 nitrogen and oxygen atoms in total. The fraction of sp³-hybridized carbons (Fsp3) is 0.727. The van der Waals surface area contributed by atoms with Crippen LogP contribution in [0.15, 0.2) is 0 Å². The monoisotopic (exact) mass is 230 g/mol. The minimum atomic E-state index is -0.989. The van der Waals surface area contributed by atoms with Crippen molar-refractivity contribution in [3.63, 3.8) is 0 Å². The first kappa shape index (κ1) is 14.6. The van der Waals surface area contributed by atoms with Gasteiger partial charge >= 0.3 is 11.9 Å². The summed E-state index contributed by atoms with van der Waals surface area (Å²) in [6, 6.07) is 0. The van der Waals surface area contributed by atoms with Crippen LogP contribution in [-0.4, -0.2) is 29.9 Å². The molecule has 2 atom stereocenters. The molecule has 0 aromatic carbocycles. The molecule has 0 aromatic heterocycles. The molecule has 0 aliphatic heterocycles. The molecule has 0 N–H and O–H groups in total. The Labute approximate surface area is 95.1 Å². The summed E-state index contributed by atoms with van der Waals surface area (Å²) < 4.78 is 9.62. The molecule has 16 heavy (non-hydrogen) atoms. The summed E-state index contributed by atoms with van der Waals surface area (Å²) in [5.74, 6) is -1.74. The largest absolute Gasteiger partial charge is 0.452 e. The molecule has 0 fully saturated rings. The summed E-state index contributed by atoms with van der Waals surface area (Å²) in [4.78, 5) is 33.4. The topological polar surface area (TPSA) is 69.7 Å². The van der Waals surface area contributed by atoms with Gasteiger partial charge in [-0.15, -0.1) is 0 Å². The van der Waals surface area contributed by atoms with Crippen molar-refractivity contribution < 1.29 is 23.9 Å². The minimum Gasteiger partial charge on any atom is -0.452 e. The molecule has 0 spiro atoms. The molecule has 5 heteroatoms. The van der Waals surface area contributed by atoms with Crippen molar-refractivity contribution in [2.45, 2.75) is 46.8 Å². The molecule has 92 valence electrons. The molecule has 0 amide bonds. The fourth-order valence-electron chi connectivity index (χ4n) is 0.711. The summed E-state index contributed by atoms with van der Waals surface area (Å²) in [5, 5.41) is 0. The van der Waals surface area contributed by atoms with E-state index in [1.54, 1.807) is 13.8 Å². The summed E-state index contributed by atoms with van der Waals surface area (Å²) in [5.41, 5.74) is 0. The first-order valence-electron chi connectivity index (χ1n) is 5.17. The lowest BCUT2D eigenvalue weighted by atomic mass is 10.2. The van der Waals surface area contributed by atoms with E-state index in [0.717, 1.165) is 0 Å². The van der Waals surface area contributed by atoms with Crippen LogP contribution in [0, 0.1) is 5.92 Å². The van der Waals surface area contributed by atoms with Crippen molar-refractivity contribution >= 4 is 17.7 Å². The van der Waals surface area contributed by atoms with Crippen LogP contribution in [0.1, 0.15) is 34.6 Å². The molecule has 0 rings (SSSR count). The maximum atomic E-state index is 11.4. The zero-order valence-electron chi connectivity index (χ0n) is 10.3. The fourth-order valence-corrected chi connectivity index (χ4v) is 0.711. The Morgan fingerprint density at radius 2 is 1.25 bits per heavy atom. The zero-order valence-corrected chi connectivity index (χ0v) is 10.3. The van der Waals surface area contributed by atoms with Crippen molar-refractivity contribution in [3.8, 4) is 0 Å². The van der Waals surface area contributed by atoms with E-state index in [0.29, 0.717) is 0 Å². The lowest BCUT2D eigenvalue weighted by Gasteiger charge is -2.16. The quantitative estimate of drug-likeness (QED) is 0.661. The highest BCUT2D eigenvalue weighted by atomic mass is 16.6. The van der Waals surface area contributed by atoms with Gasteiger partial charge in [0, 0.05) is 0 Å². The maximum Gasteiger partial charge on any atom is 0.347 e. The second kappa shape index (κ2) is 6.25. The van der Waals surface area contributed by atoms with Crippen LogP contribution in [0.25, 0.3) is 0 Å². The van der Waals surface area contributed by atoms with Crippen molar-refractivity contribution in [1.29, 1.82) is 0 Å². The van der Waals surface area contributed by atoms with Gasteiger partial charge in [0.2, 0.25) is 0 Å². The first-order chi connectivity index (χ1) is 7.25. The third-order valence-corrected chi connectivity index (χ3v) is 1.96. The van der Waals surface area contributed by atoms with Crippen LogP contribution in [0.2, 0.25) is 0 Å². The number of ketones is 1. The third-order valence-electron chi connectivity index (χ3n) is 1.96. The Morgan fingerprint density at radius 3 is 1.62 bits per heavy atom. The normalized spacial score (nSPS) is 14.1. The maximum absolute atomic E-state index is 11.4. The Kier molecular flexibility index (Phi) is 5.71. The predicted molar refractivity (Wildman–Crippen MR) is 56.6 cm³/mol. The third kappa shape index (κ3) is 4.91. The van der Waals surface area contributed by atoms with Crippen LogP contribution >= 0.6 is 0 Å². The first-order valence-corrected chi connectivity index (χ1v) is 5.17. The molecule has 0 bridgehead atoms. The standard InChI is InChI=1S/C11H18O5/c1-6(2)10(13)16-9(5)11(14)15-8(4)7(3)12/h6,8-9H,1-5H3. The van der Waals surface area contributed by atoms with Crippen LogP contribution in [0.4, 0.5) is 0 Å². The van der Waals surface area contributed by atoms with E-state index in [9.17, 15) is 14.4 Å². The number of rotatable bonds is 5. The van der Waals surface area contributed by atoms with Crippen molar-refractivity contribution in [1.82, 2.24) is 0 Å². The second-order valence-electron chi connectivity index (χ2n) is 3.92. The average Bonchev–Trinajstić information content (AvgIpc) is 2.16. The smallest absolute Gasteiger partial charge is 0.347 e. The van der Waals surface area contributed by atoms with Crippen LogP contribution in [0.5, 0.6) is 0 Å². The van der Waals surface area contributed by atoms with E-state index >= 15 is 0 Å². The van der Waals surface area contributed by atoms with Gasteiger partial charge in [-0.25, -0.2) is 4.79 Å². The van der Waals surface area contributed by atoms with Gasteiger partial charge in [0.15, 0.2) is 18.0 Å². The van der Waals surface area contributed by atoms with Gasteiger partial charge in [-0.05, 0) is 20.8 Å². The molecule has 0 radical (unpaired) electrons. The number of esters is 2. The number of hydrogen-bond donors (Lipinski definition) is 0. The Balaban J connectivity index is 4.19. The van der Waals surface area contributed by atoms with Crippen LogP contribution in [-0.2, 0) is 23.9 Å². The highest BCUT2D eigenvalue weighted by molar-refractivity contribution is 5.85. The molecule has 0 heterocycles. The van der Waals surface area contributed by atoms with Crippen LogP contribution < -0.4 is 0 Å². The number of carbonyl (C=O) groups is 3. The van der Waals surface area contributed by atoms with Crippen molar-refractivity contribution in [3.05, 3.63) is 0 Å². The molecule has 0 aliphatic carbocycles. The number of ether oxygens (including phenoxy) is 2. The summed E-state index contributed by atoms with van der Waals surface area (Å²) in [6.07, 6.45) is -1.80. The zero-order chi connectivity index (χ0) is 12.9. The molecule has 2 unspecified atom stereocenters. The SMILES string of the molecule is CC(=O)C(C)OC(=O)C(C)OC(=O)C(C)C. The second-order valence-corrected chi connectivity index (χ2v) is 3.92. The number of carbonyl (C=O) groups excluding carboxylic acids is 3. The average molecular weight is 230 g/mol. The Morgan fingerprint density at radius 1 is 0.812 bits per heavy atom. The van der Waals surface area contributed by atoms with E-state index in [1.807, 2.05) is 0 Å². The highest BCUT2D eigenvalue weighted by Gasteiger charge is 2.23. The van der Waals surface area contributed by atoms with E-state index in [2.05, 4.69) is 0 Å². The van der Waals surface area contributed by atoms with Gasteiger partial charge in [-0.2, -0.15) is 0 Å². The molecule has 0 saturated heterocycles. The molecule has 0 aromatic rings. The van der Waals surface area contributed by atoms with Gasteiger partial charge in [-0.1, -0.05) is 13.8 Å². The summed E-state index contributed by atoms with van der Waals surface area (Å²) in [7, 11) is 0. The van der Waals surface area contributed by atoms with E-state index in [1.165, 1.54) is 20.8 Å². The predicted octanol–water partition coefficient (Wildman–Crippen LogP) is 1.09.